The minimum atomic E-state index is -0.284. The molecule has 0 aromatic heterocycles. The maximum Gasteiger partial charge on any atom is 0.266 e. The topological polar surface area (TPSA) is 29.5 Å². The first-order chi connectivity index (χ1) is 10.3. The van der Waals surface area contributed by atoms with Gasteiger partial charge in [0.1, 0.15) is 15.7 Å². The molecule has 0 radical (unpaired) electrons. The molecule has 5 heteroatoms. The van der Waals surface area contributed by atoms with Gasteiger partial charge in [0.05, 0.1) is 4.91 Å². The zero-order valence-electron chi connectivity index (χ0n) is 13.0. The van der Waals surface area contributed by atoms with Gasteiger partial charge in [-0.3, -0.25) is 9.69 Å². The van der Waals surface area contributed by atoms with Crippen LogP contribution in [0.15, 0.2) is 29.2 Å². The molecule has 22 heavy (non-hydrogen) atoms. The highest BCUT2D eigenvalue weighted by atomic mass is 32.2. The number of hydrogen-bond acceptors (Lipinski definition) is 4. The van der Waals surface area contributed by atoms with Gasteiger partial charge in [-0.15, -0.1) is 0 Å². The van der Waals surface area contributed by atoms with Crippen LogP contribution in [0.5, 0.6) is 5.75 Å². The molecule has 0 N–H and O–H groups in total. The predicted molar refractivity (Wildman–Crippen MR) is 95.7 cm³/mol. The molecule has 0 aliphatic carbocycles. The first-order valence-corrected chi connectivity index (χ1v) is 8.24. The van der Waals surface area contributed by atoms with Crippen molar-refractivity contribution < 1.29 is 9.53 Å². The molecule has 1 aromatic carbocycles. The summed E-state index contributed by atoms with van der Waals surface area (Å²) in [7, 11) is 1.71. The number of rotatable bonds is 1. The summed E-state index contributed by atoms with van der Waals surface area (Å²) in [5, 5.41) is 0. The van der Waals surface area contributed by atoms with Gasteiger partial charge in [0, 0.05) is 12.6 Å². The highest BCUT2D eigenvalue weighted by Gasteiger charge is 2.31. The molecular weight excluding hydrogens is 314 g/mol. The van der Waals surface area contributed by atoms with Gasteiger partial charge >= 0.3 is 0 Å². The Morgan fingerprint density at radius 3 is 2.73 bits per heavy atom. The van der Waals surface area contributed by atoms with Crippen LogP contribution in [0.2, 0.25) is 0 Å². The van der Waals surface area contributed by atoms with Gasteiger partial charge in [0.25, 0.3) is 5.91 Å². The van der Waals surface area contributed by atoms with Gasteiger partial charge in [-0.25, -0.2) is 0 Å². The SMILES string of the molecule is CC(=C1SC(=S)N(C)C1=O)c1ccc2c(c1)C=CC(C)(C)O2. The standard InChI is InChI=1S/C17H17NO2S2/c1-10(14-15(19)18(4)16(21)22-14)11-5-6-13-12(9-11)7-8-17(2,3)20-13/h5-9H,1-4H3. The van der Waals surface area contributed by atoms with Crippen LogP contribution in [-0.4, -0.2) is 27.8 Å². The fraction of sp³-hybridized carbons (Fsp3) is 0.294. The molecule has 0 bridgehead atoms. The third-order valence-corrected chi connectivity index (χ3v) is 5.44. The van der Waals surface area contributed by atoms with Crippen molar-refractivity contribution >= 4 is 45.9 Å². The van der Waals surface area contributed by atoms with Crippen molar-refractivity contribution in [3.8, 4) is 5.75 Å². The number of fused-ring (bicyclic) bond motifs is 1. The van der Waals surface area contributed by atoms with E-state index in [0.29, 0.717) is 9.23 Å². The highest BCUT2D eigenvalue weighted by molar-refractivity contribution is 8.26. The molecule has 1 saturated heterocycles. The van der Waals surface area contributed by atoms with Crippen LogP contribution >= 0.6 is 24.0 Å². The lowest BCUT2D eigenvalue weighted by Crippen LogP contribution is -2.27. The van der Waals surface area contributed by atoms with Crippen LogP contribution in [0.25, 0.3) is 11.6 Å². The number of ether oxygens (including phenoxy) is 1. The van der Waals surface area contributed by atoms with Crippen molar-refractivity contribution in [3.05, 3.63) is 40.3 Å². The first kappa shape index (κ1) is 15.3. The molecule has 0 unspecified atom stereocenters. The van der Waals surface area contributed by atoms with E-state index in [1.165, 1.54) is 16.7 Å². The molecule has 2 aliphatic heterocycles. The van der Waals surface area contributed by atoms with E-state index in [2.05, 4.69) is 12.1 Å². The molecular formula is C17H17NO2S2. The van der Waals surface area contributed by atoms with Crippen LogP contribution in [-0.2, 0) is 4.79 Å². The molecule has 3 rings (SSSR count). The van der Waals surface area contributed by atoms with E-state index in [4.69, 9.17) is 17.0 Å². The molecule has 0 spiro atoms. The Labute approximate surface area is 140 Å². The largest absolute Gasteiger partial charge is 0.483 e. The van der Waals surface area contributed by atoms with Crippen molar-refractivity contribution in [2.45, 2.75) is 26.4 Å². The number of allylic oxidation sites excluding steroid dienone is 1. The Bertz CT molecular complexity index is 747. The minimum Gasteiger partial charge on any atom is -0.483 e. The summed E-state index contributed by atoms with van der Waals surface area (Å²) in [6.07, 6.45) is 4.11. The Hall–Kier alpha value is -1.59. The van der Waals surface area contributed by atoms with Crippen molar-refractivity contribution in [1.29, 1.82) is 0 Å². The second-order valence-corrected chi connectivity index (χ2v) is 7.62. The van der Waals surface area contributed by atoms with Gasteiger partial charge in [-0.2, -0.15) is 0 Å². The van der Waals surface area contributed by atoms with E-state index in [0.717, 1.165) is 22.4 Å². The minimum absolute atomic E-state index is 0.0295. The summed E-state index contributed by atoms with van der Waals surface area (Å²) in [6, 6.07) is 6.01. The summed E-state index contributed by atoms with van der Waals surface area (Å²) in [6.45, 7) is 6.01. The average Bonchev–Trinajstić information content (AvgIpc) is 2.73. The van der Waals surface area contributed by atoms with Gasteiger partial charge in [0.2, 0.25) is 0 Å². The van der Waals surface area contributed by atoms with E-state index >= 15 is 0 Å². The Balaban J connectivity index is 2.01. The monoisotopic (exact) mass is 331 g/mol. The number of carbonyl (C=O) groups excluding carboxylic acids is 1. The Kier molecular flexibility index (Phi) is 3.65. The van der Waals surface area contributed by atoms with Crippen LogP contribution in [0, 0.1) is 0 Å². The van der Waals surface area contributed by atoms with Crippen molar-refractivity contribution in [2.24, 2.45) is 0 Å². The Morgan fingerprint density at radius 2 is 2.09 bits per heavy atom. The third-order valence-electron chi connectivity index (χ3n) is 3.78. The van der Waals surface area contributed by atoms with Crippen molar-refractivity contribution in [2.75, 3.05) is 7.05 Å². The smallest absolute Gasteiger partial charge is 0.266 e. The maximum absolute atomic E-state index is 12.2. The highest BCUT2D eigenvalue weighted by Crippen LogP contribution is 2.38. The molecule has 0 saturated carbocycles. The van der Waals surface area contributed by atoms with Crippen LogP contribution in [0.1, 0.15) is 31.9 Å². The molecule has 1 fully saturated rings. The average molecular weight is 331 g/mol. The number of amides is 1. The van der Waals surface area contributed by atoms with Gasteiger partial charge < -0.3 is 4.74 Å². The van der Waals surface area contributed by atoms with E-state index in [-0.39, 0.29) is 11.5 Å². The molecule has 1 amide bonds. The molecule has 2 heterocycles. The van der Waals surface area contributed by atoms with Gasteiger partial charge in [-0.1, -0.05) is 36.1 Å². The first-order valence-electron chi connectivity index (χ1n) is 7.02. The van der Waals surface area contributed by atoms with Crippen molar-refractivity contribution in [1.82, 2.24) is 4.90 Å². The number of thiocarbonyl (C=S) groups is 1. The number of nitrogens with zero attached hydrogens (tertiary/aromatic N) is 1. The molecule has 1 aromatic rings. The quantitative estimate of drug-likeness (QED) is 0.572. The number of likely N-dealkylation sites (N-methyl/N-ethyl adjacent to an activating group) is 1. The van der Waals surface area contributed by atoms with Crippen LogP contribution in [0.4, 0.5) is 0 Å². The fourth-order valence-electron chi connectivity index (χ4n) is 2.42. The predicted octanol–water partition coefficient (Wildman–Crippen LogP) is 4.09. The van der Waals surface area contributed by atoms with E-state index in [1.807, 2.05) is 39.0 Å². The lowest BCUT2D eigenvalue weighted by atomic mass is 9.98. The van der Waals surface area contributed by atoms with Gasteiger partial charge in [-0.05, 0) is 50.1 Å². The normalized spacial score (nSPS) is 21.7. The zero-order chi connectivity index (χ0) is 16.1. The maximum atomic E-state index is 12.2. The zero-order valence-corrected chi connectivity index (χ0v) is 14.6. The second kappa shape index (κ2) is 5.25. The molecule has 0 atom stereocenters. The summed E-state index contributed by atoms with van der Waals surface area (Å²) < 4.78 is 6.53. The van der Waals surface area contributed by atoms with Crippen LogP contribution in [0.3, 0.4) is 0 Å². The van der Waals surface area contributed by atoms with E-state index in [9.17, 15) is 4.79 Å². The number of thioether (sulfide) groups is 1. The molecule has 2 aliphatic rings. The second-order valence-electron chi connectivity index (χ2n) is 5.98. The summed E-state index contributed by atoms with van der Waals surface area (Å²) in [4.78, 5) is 14.4. The summed E-state index contributed by atoms with van der Waals surface area (Å²) >= 11 is 6.55. The third kappa shape index (κ3) is 2.59. The molecule has 114 valence electrons. The number of hydrogen-bond donors (Lipinski definition) is 0. The summed E-state index contributed by atoms with van der Waals surface area (Å²) in [5.74, 6) is 0.838. The summed E-state index contributed by atoms with van der Waals surface area (Å²) in [5.41, 5.74) is 2.71. The van der Waals surface area contributed by atoms with Crippen molar-refractivity contribution in [3.63, 3.8) is 0 Å². The van der Waals surface area contributed by atoms with E-state index < -0.39 is 0 Å². The molecule has 3 nitrogen and oxygen atoms in total. The van der Waals surface area contributed by atoms with E-state index in [1.54, 1.807) is 7.05 Å². The number of carbonyl (C=O) groups is 1. The van der Waals surface area contributed by atoms with Gasteiger partial charge in [0.15, 0.2) is 0 Å². The fourth-order valence-corrected chi connectivity index (χ4v) is 3.64. The lowest BCUT2D eigenvalue weighted by molar-refractivity contribution is -0.121. The Morgan fingerprint density at radius 1 is 1.36 bits per heavy atom. The van der Waals surface area contributed by atoms with Crippen LogP contribution < -0.4 is 4.74 Å². The lowest BCUT2D eigenvalue weighted by Gasteiger charge is -2.28. The number of benzene rings is 1.